The lowest BCUT2D eigenvalue weighted by atomic mass is 9.82. The molecule has 0 saturated carbocycles. The molecule has 0 amide bonds. The summed E-state index contributed by atoms with van der Waals surface area (Å²) in [7, 11) is 1.61. The van der Waals surface area contributed by atoms with E-state index in [1.807, 2.05) is 18.2 Å². The monoisotopic (exact) mass is 266 g/mol. The Kier molecular flexibility index (Phi) is 4.99. The van der Waals surface area contributed by atoms with Crippen LogP contribution in [0.15, 0.2) is 18.2 Å². The average molecular weight is 266 g/mol. The third-order valence-corrected chi connectivity index (χ3v) is 3.47. The van der Waals surface area contributed by atoms with E-state index in [1.54, 1.807) is 14.0 Å². The number of aliphatic hydroxyl groups is 2. The molecule has 0 saturated heterocycles. The van der Waals surface area contributed by atoms with Gasteiger partial charge < -0.3 is 14.9 Å². The minimum atomic E-state index is -0.991. The van der Waals surface area contributed by atoms with Gasteiger partial charge in [-0.2, -0.15) is 0 Å². The molecule has 108 valence electrons. The van der Waals surface area contributed by atoms with Crippen LogP contribution in [0.2, 0.25) is 0 Å². The number of ether oxygens (including phenoxy) is 1. The van der Waals surface area contributed by atoms with Gasteiger partial charge in [-0.05, 0) is 42.9 Å². The number of hydrogen-bond acceptors (Lipinski definition) is 3. The molecule has 0 radical (unpaired) electrons. The Morgan fingerprint density at radius 3 is 2.26 bits per heavy atom. The predicted octanol–water partition coefficient (Wildman–Crippen LogP) is 2.97. The first kappa shape index (κ1) is 16.0. The van der Waals surface area contributed by atoms with E-state index in [4.69, 9.17) is 9.84 Å². The quantitative estimate of drug-likeness (QED) is 0.861. The Bertz CT molecular complexity index is 416. The van der Waals surface area contributed by atoms with Crippen molar-refractivity contribution in [2.24, 2.45) is 0 Å². The third-order valence-electron chi connectivity index (χ3n) is 3.47. The highest BCUT2D eigenvalue weighted by molar-refractivity contribution is 5.42. The van der Waals surface area contributed by atoms with Crippen molar-refractivity contribution in [3.8, 4) is 5.75 Å². The van der Waals surface area contributed by atoms with Crippen LogP contribution >= 0.6 is 0 Å². The smallest absolute Gasteiger partial charge is 0.124 e. The third kappa shape index (κ3) is 3.95. The zero-order valence-electron chi connectivity index (χ0n) is 12.7. The molecule has 0 fully saturated rings. The second kappa shape index (κ2) is 5.93. The van der Waals surface area contributed by atoms with Crippen LogP contribution in [0.4, 0.5) is 0 Å². The Hall–Kier alpha value is -1.06. The van der Waals surface area contributed by atoms with Crippen LogP contribution in [0.3, 0.4) is 0 Å². The topological polar surface area (TPSA) is 49.7 Å². The van der Waals surface area contributed by atoms with Gasteiger partial charge in [-0.15, -0.1) is 0 Å². The van der Waals surface area contributed by atoms with E-state index in [2.05, 4.69) is 20.8 Å². The first-order valence-corrected chi connectivity index (χ1v) is 6.74. The van der Waals surface area contributed by atoms with Gasteiger partial charge in [0, 0.05) is 12.2 Å². The van der Waals surface area contributed by atoms with Crippen LogP contribution in [-0.4, -0.2) is 23.9 Å². The fourth-order valence-electron chi connectivity index (χ4n) is 2.15. The summed E-state index contributed by atoms with van der Waals surface area (Å²) in [4.78, 5) is 0. The van der Waals surface area contributed by atoms with Crippen molar-refractivity contribution in [2.45, 2.75) is 51.6 Å². The molecule has 2 N–H and O–H groups in total. The molecule has 3 nitrogen and oxygen atoms in total. The number of aliphatic hydroxyl groups excluding tert-OH is 1. The first-order chi connectivity index (χ1) is 8.72. The number of methoxy groups -OCH3 is 1. The van der Waals surface area contributed by atoms with E-state index < -0.39 is 5.60 Å². The summed E-state index contributed by atoms with van der Waals surface area (Å²) in [6.45, 7) is 8.27. The summed E-state index contributed by atoms with van der Waals surface area (Å²) in [5.74, 6) is 0.691. The highest BCUT2D eigenvalue weighted by Gasteiger charge is 2.28. The van der Waals surface area contributed by atoms with E-state index >= 15 is 0 Å². The molecular weight excluding hydrogens is 240 g/mol. The van der Waals surface area contributed by atoms with Crippen molar-refractivity contribution in [1.82, 2.24) is 0 Å². The molecule has 0 aliphatic heterocycles. The molecule has 0 heterocycles. The summed E-state index contributed by atoms with van der Waals surface area (Å²) in [6, 6.07) is 5.95. The fourth-order valence-corrected chi connectivity index (χ4v) is 2.15. The van der Waals surface area contributed by atoms with Crippen molar-refractivity contribution in [2.75, 3.05) is 13.7 Å². The SMILES string of the molecule is COc1ccc(C(C)(C)C)cc1C(C)(O)CCCO. The van der Waals surface area contributed by atoms with E-state index in [9.17, 15) is 5.11 Å². The predicted molar refractivity (Wildman–Crippen MR) is 77.6 cm³/mol. The molecule has 1 atom stereocenters. The molecule has 1 aromatic rings. The van der Waals surface area contributed by atoms with Crippen LogP contribution in [0.1, 0.15) is 51.7 Å². The minimum Gasteiger partial charge on any atom is -0.496 e. The van der Waals surface area contributed by atoms with Gasteiger partial charge in [-0.1, -0.05) is 26.8 Å². The molecule has 1 unspecified atom stereocenters. The summed E-state index contributed by atoms with van der Waals surface area (Å²) >= 11 is 0. The average Bonchev–Trinajstić information content (AvgIpc) is 2.34. The Labute approximate surface area is 116 Å². The maximum atomic E-state index is 10.6. The van der Waals surface area contributed by atoms with Crippen LogP contribution < -0.4 is 4.74 Å². The van der Waals surface area contributed by atoms with Crippen molar-refractivity contribution in [3.63, 3.8) is 0 Å². The summed E-state index contributed by atoms with van der Waals surface area (Å²) < 4.78 is 5.36. The molecule has 3 heteroatoms. The molecule has 0 aromatic heterocycles. The number of rotatable bonds is 5. The molecule has 1 rings (SSSR count). The fraction of sp³-hybridized carbons (Fsp3) is 0.625. The van der Waals surface area contributed by atoms with E-state index in [0.29, 0.717) is 18.6 Å². The van der Waals surface area contributed by atoms with Gasteiger partial charge in [0.15, 0.2) is 0 Å². The van der Waals surface area contributed by atoms with Gasteiger partial charge in [-0.3, -0.25) is 0 Å². The minimum absolute atomic E-state index is 0.0219. The highest BCUT2D eigenvalue weighted by atomic mass is 16.5. The van der Waals surface area contributed by atoms with Gasteiger partial charge in [0.05, 0.1) is 12.7 Å². The lowest BCUT2D eigenvalue weighted by Crippen LogP contribution is -2.24. The lowest BCUT2D eigenvalue weighted by molar-refractivity contribution is 0.0378. The highest BCUT2D eigenvalue weighted by Crippen LogP contribution is 2.36. The molecule has 0 spiro atoms. The van der Waals surface area contributed by atoms with Crippen molar-refractivity contribution >= 4 is 0 Å². The van der Waals surface area contributed by atoms with E-state index in [1.165, 1.54) is 0 Å². The molecule has 19 heavy (non-hydrogen) atoms. The number of hydrogen-bond donors (Lipinski definition) is 2. The van der Waals surface area contributed by atoms with Gasteiger partial charge >= 0.3 is 0 Å². The normalized spacial score (nSPS) is 15.1. The van der Waals surface area contributed by atoms with Gasteiger partial charge in [-0.25, -0.2) is 0 Å². The van der Waals surface area contributed by atoms with Crippen LogP contribution in [-0.2, 0) is 11.0 Å². The maximum Gasteiger partial charge on any atom is 0.124 e. The van der Waals surface area contributed by atoms with Crippen LogP contribution in [0, 0.1) is 0 Å². The molecule has 1 aromatic carbocycles. The van der Waals surface area contributed by atoms with Crippen LogP contribution in [0.25, 0.3) is 0 Å². The zero-order valence-corrected chi connectivity index (χ0v) is 12.7. The molecule has 0 aliphatic carbocycles. The lowest BCUT2D eigenvalue weighted by Gasteiger charge is -2.28. The summed E-state index contributed by atoms with van der Waals surface area (Å²) in [5, 5.41) is 19.6. The molecule has 0 bridgehead atoms. The van der Waals surface area contributed by atoms with E-state index in [0.717, 1.165) is 11.1 Å². The largest absolute Gasteiger partial charge is 0.496 e. The van der Waals surface area contributed by atoms with Gasteiger partial charge in [0.1, 0.15) is 5.75 Å². The maximum absolute atomic E-state index is 10.6. The summed E-state index contributed by atoms with van der Waals surface area (Å²) in [5.41, 5.74) is 0.979. The Morgan fingerprint density at radius 2 is 1.79 bits per heavy atom. The van der Waals surface area contributed by atoms with Crippen molar-refractivity contribution < 1.29 is 14.9 Å². The van der Waals surface area contributed by atoms with Crippen molar-refractivity contribution in [3.05, 3.63) is 29.3 Å². The zero-order chi connectivity index (χ0) is 14.7. The molecule has 0 aliphatic rings. The molecular formula is C16H26O3. The van der Waals surface area contributed by atoms with Crippen LogP contribution in [0.5, 0.6) is 5.75 Å². The Balaban J connectivity index is 3.22. The first-order valence-electron chi connectivity index (χ1n) is 6.74. The van der Waals surface area contributed by atoms with E-state index in [-0.39, 0.29) is 12.0 Å². The van der Waals surface area contributed by atoms with Gasteiger partial charge in [0.2, 0.25) is 0 Å². The standard InChI is InChI=1S/C16H26O3/c1-15(2,3)12-7-8-14(19-5)13(11-12)16(4,18)9-6-10-17/h7-8,11,17-18H,6,9-10H2,1-5H3. The van der Waals surface area contributed by atoms with Gasteiger partial charge in [0.25, 0.3) is 0 Å². The second-order valence-corrected chi connectivity index (χ2v) is 6.27. The van der Waals surface area contributed by atoms with Crippen molar-refractivity contribution in [1.29, 1.82) is 0 Å². The Morgan fingerprint density at radius 1 is 1.16 bits per heavy atom. The second-order valence-electron chi connectivity index (χ2n) is 6.27. The number of benzene rings is 1. The summed E-state index contributed by atoms with van der Waals surface area (Å²) in [6.07, 6.45) is 1.07.